The van der Waals surface area contributed by atoms with E-state index in [2.05, 4.69) is 22.5 Å². The molecule has 2 unspecified atom stereocenters. The van der Waals surface area contributed by atoms with Crippen molar-refractivity contribution in [2.24, 2.45) is 0 Å². The molecule has 0 bridgehead atoms. The largest absolute Gasteiger partial charge is 0.486 e. The number of amides is 1. The molecule has 148 valence electrons. The first-order chi connectivity index (χ1) is 12.2. The van der Waals surface area contributed by atoms with E-state index in [0.29, 0.717) is 30.5 Å². The van der Waals surface area contributed by atoms with Crippen LogP contribution in [0.2, 0.25) is 0 Å². The highest BCUT2D eigenvalue weighted by molar-refractivity contribution is 5.98. The van der Waals surface area contributed by atoms with Gasteiger partial charge in [0.2, 0.25) is 0 Å². The standard InChI is InChI=1S/C18H21N3O4.2ClH/c1-11-13(3-2-6-19-11)21-18(22)16-17(25-10-20-16)12-4-5-14-15(9-12)24-8-7-23-14;;/h4-5,9-11,13,19H,2-3,6-8H2,1H3,(H,21,22);2*1H. The monoisotopic (exact) mass is 415 g/mol. The van der Waals surface area contributed by atoms with E-state index in [0.717, 1.165) is 24.9 Å². The fraction of sp³-hybridized carbons (Fsp3) is 0.444. The van der Waals surface area contributed by atoms with Gasteiger partial charge in [-0.3, -0.25) is 4.79 Å². The maximum absolute atomic E-state index is 12.7. The summed E-state index contributed by atoms with van der Waals surface area (Å²) in [6, 6.07) is 5.81. The molecule has 0 aliphatic carbocycles. The molecule has 1 fully saturated rings. The van der Waals surface area contributed by atoms with Crippen LogP contribution in [-0.4, -0.2) is 42.7 Å². The number of oxazole rings is 1. The highest BCUT2D eigenvalue weighted by atomic mass is 35.5. The van der Waals surface area contributed by atoms with E-state index in [1.807, 2.05) is 18.2 Å². The number of rotatable bonds is 3. The molecule has 0 spiro atoms. The van der Waals surface area contributed by atoms with Crippen molar-refractivity contribution in [1.82, 2.24) is 15.6 Å². The van der Waals surface area contributed by atoms with Crippen LogP contribution in [0.5, 0.6) is 11.5 Å². The number of aromatic nitrogens is 1. The van der Waals surface area contributed by atoms with Crippen molar-refractivity contribution < 1.29 is 18.7 Å². The van der Waals surface area contributed by atoms with Crippen LogP contribution in [0, 0.1) is 0 Å². The van der Waals surface area contributed by atoms with E-state index < -0.39 is 0 Å². The van der Waals surface area contributed by atoms with Crippen molar-refractivity contribution in [3.05, 3.63) is 30.3 Å². The minimum Gasteiger partial charge on any atom is -0.486 e. The summed E-state index contributed by atoms with van der Waals surface area (Å²) in [5.74, 6) is 1.56. The summed E-state index contributed by atoms with van der Waals surface area (Å²) in [5, 5.41) is 6.44. The maximum atomic E-state index is 12.7. The van der Waals surface area contributed by atoms with Crippen LogP contribution in [0.4, 0.5) is 0 Å². The lowest BCUT2D eigenvalue weighted by Gasteiger charge is -2.30. The molecule has 4 rings (SSSR count). The van der Waals surface area contributed by atoms with Gasteiger partial charge in [-0.15, -0.1) is 24.8 Å². The highest BCUT2D eigenvalue weighted by Crippen LogP contribution is 2.35. The number of halogens is 2. The van der Waals surface area contributed by atoms with Gasteiger partial charge in [0.1, 0.15) is 13.2 Å². The first kappa shape index (κ1) is 21.3. The Labute approximate surface area is 170 Å². The summed E-state index contributed by atoms with van der Waals surface area (Å²) in [4.78, 5) is 16.8. The van der Waals surface area contributed by atoms with Gasteiger partial charge in [0, 0.05) is 17.6 Å². The zero-order chi connectivity index (χ0) is 17.2. The zero-order valence-electron chi connectivity index (χ0n) is 14.9. The van der Waals surface area contributed by atoms with Gasteiger partial charge in [-0.1, -0.05) is 0 Å². The van der Waals surface area contributed by atoms with Crippen molar-refractivity contribution in [3.63, 3.8) is 0 Å². The van der Waals surface area contributed by atoms with Crippen molar-refractivity contribution in [2.75, 3.05) is 19.8 Å². The first-order valence-electron chi connectivity index (χ1n) is 8.60. The average Bonchev–Trinajstić information content (AvgIpc) is 3.13. The van der Waals surface area contributed by atoms with Crippen LogP contribution >= 0.6 is 24.8 Å². The topological polar surface area (TPSA) is 85.6 Å². The maximum Gasteiger partial charge on any atom is 0.274 e. The number of nitrogens with zero attached hydrogens (tertiary/aromatic N) is 1. The zero-order valence-corrected chi connectivity index (χ0v) is 16.5. The smallest absolute Gasteiger partial charge is 0.274 e. The molecule has 0 radical (unpaired) electrons. The molecule has 1 amide bonds. The predicted molar refractivity (Wildman–Crippen MR) is 105 cm³/mol. The van der Waals surface area contributed by atoms with E-state index in [1.165, 1.54) is 6.39 Å². The van der Waals surface area contributed by atoms with Crippen molar-refractivity contribution >= 4 is 30.7 Å². The van der Waals surface area contributed by atoms with Gasteiger partial charge in [0.05, 0.1) is 0 Å². The lowest BCUT2D eigenvalue weighted by molar-refractivity contribution is 0.0915. The van der Waals surface area contributed by atoms with Gasteiger partial charge in [0.25, 0.3) is 5.91 Å². The molecule has 7 nitrogen and oxygen atoms in total. The molecule has 2 N–H and O–H groups in total. The van der Waals surface area contributed by atoms with Crippen LogP contribution in [-0.2, 0) is 0 Å². The Morgan fingerprint density at radius 2 is 2.00 bits per heavy atom. The third kappa shape index (κ3) is 4.48. The Balaban J connectivity index is 0.00000131. The molecule has 27 heavy (non-hydrogen) atoms. The van der Waals surface area contributed by atoms with E-state index >= 15 is 0 Å². The van der Waals surface area contributed by atoms with Gasteiger partial charge in [-0.05, 0) is 44.5 Å². The van der Waals surface area contributed by atoms with Crippen molar-refractivity contribution in [2.45, 2.75) is 31.8 Å². The Morgan fingerprint density at radius 1 is 1.22 bits per heavy atom. The number of carbonyl (C=O) groups is 1. The van der Waals surface area contributed by atoms with Gasteiger partial charge >= 0.3 is 0 Å². The fourth-order valence-electron chi connectivity index (χ4n) is 3.28. The lowest BCUT2D eigenvalue weighted by Crippen LogP contribution is -2.52. The van der Waals surface area contributed by atoms with E-state index in [-0.39, 0.29) is 48.5 Å². The number of hydrogen-bond donors (Lipinski definition) is 2. The van der Waals surface area contributed by atoms with Crippen LogP contribution in [0.3, 0.4) is 0 Å². The van der Waals surface area contributed by atoms with Gasteiger partial charge in [-0.2, -0.15) is 0 Å². The van der Waals surface area contributed by atoms with Crippen molar-refractivity contribution in [1.29, 1.82) is 0 Å². The summed E-state index contributed by atoms with van der Waals surface area (Å²) in [6.45, 7) is 4.11. The molecule has 2 atom stereocenters. The van der Waals surface area contributed by atoms with Gasteiger partial charge in [-0.25, -0.2) is 4.98 Å². The molecule has 1 aromatic carbocycles. The summed E-state index contributed by atoms with van der Waals surface area (Å²) in [7, 11) is 0. The Morgan fingerprint density at radius 3 is 2.78 bits per heavy atom. The summed E-state index contributed by atoms with van der Waals surface area (Å²) in [5.41, 5.74) is 1.02. The summed E-state index contributed by atoms with van der Waals surface area (Å²) >= 11 is 0. The number of benzene rings is 1. The Kier molecular flexibility index (Phi) is 7.35. The van der Waals surface area contributed by atoms with Crippen LogP contribution in [0.1, 0.15) is 30.3 Å². The minimum atomic E-state index is -0.223. The minimum absolute atomic E-state index is 0. The lowest BCUT2D eigenvalue weighted by atomic mass is 9.99. The van der Waals surface area contributed by atoms with Gasteiger partial charge in [0.15, 0.2) is 29.3 Å². The number of carbonyl (C=O) groups excluding carboxylic acids is 1. The van der Waals surface area contributed by atoms with Crippen LogP contribution in [0.25, 0.3) is 11.3 Å². The van der Waals surface area contributed by atoms with E-state index in [1.54, 1.807) is 0 Å². The number of hydrogen-bond acceptors (Lipinski definition) is 6. The molecule has 1 saturated heterocycles. The predicted octanol–water partition coefficient (Wildman–Crippen LogP) is 2.83. The Hall–Kier alpha value is -1.96. The van der Waals surface area contributed by atoms with E-state index in [4.69, 9.17) is 13.9 Å². The number of fused-ring (bicyclic) bond motifs is 1. The molecule has 2 aromatic rings. The van der Waals surface area contributed by atoms with Crippen LogP contribution < -0.4 is 20.1 Å². The third-order valence-electron chi connectivity index (χ3n) is 4.67. The average molecular weight is 416 g/mol. The summed E-state index contributed by atoms with van der Waals surface area (Å²) in [6.07, 6.45) is 3.30. The molecule has 2 aliphatic rings. The molecule has 9 heteroatoms. The molecular weight excluding hydrogens is 393 g/mol. The number of piperidine rings is 1. The summed E-state index contributed by atoms with van der Waals surface area (Å²) < 4.78 is 16.6. The molecule has 3 heterocycles. The number of ether oxygens (including phenoxy) is 2. The molecule has 2 aliphatic heterocycles. The normalized spacial score (nSPS) is 20.8. The van der Waals surface area contributed by atoms with Crippen LogP contribution in [0.15, 0.2) is 29.0 Å². The molecular formula is C18H23Cl2N3O4. The second-order valence-corrected chi connectivity index (χ2v) is 6.35. The highest BCUT2D eigenvalue weighted by Gasteiger charge is 2.26. The molecule has 1 aromatic heterocycles. The Bertz CT molecular complexity index is 784. The van der Waals surface area contributed by atoms with E-state index in [9.17, 15) is 4.79 Å². The third-order valence-corrected chi connectivity index (χ3v) is 4.67. The van der Waals surface area contributed by atoms with Gasteiger partial charge < -0.3 is 24.5 Å². The SMILES string of the molecule is CC1NCCCC1NC(=O)c1ncoc1-c1ccc2c(c1)OCCO2.Cl.Cl. The van der Waals surface area contributed by atoms with Crippen molar-refractivity contribution in [3.8, 4) is 22.8 Å². The quantitative estimate of drug-likeness (QED) is 0.801. The second-order valence-electron chi connectivity index (χ2n) is 6.35. The first-order valence-corrected chi connectivity index (χ1v) is 8.60. The second kappa shape index (κ2) is 9.30. The fourth-order valence-corrected chi connectivity index (χ4v) is 3.28. The molecule has 0 saturated carbocycles. The number of nitrogens with one attached hydrogen (secondary N) is 2.